The number of nitrogens with one attached hydrogen (secondary N) is 1. The Kier molecular flexibility index (Phi) is 8.01. The molecule has 172 valence electrons. The van der Waals surface area contributed by atoms with Gasteiger partial charge in [-0.1, -0.05) is 18.2 Å². The number of anilines is 2. The van der Waals surface area contributed by atoms with Gasteiger partial charge in [-0.15, -0.1) is 36.2 Å². The highest BCUT2D eigenvalue weighted by Gasteiger charge is 2.31. The van der Waals surface area contributed by atoms with Crippen LogP contribution in [0.15, 0.2) is 47.5 Å². The molecule has 32 heavy (non-hydrogen) atoms. The van der Waals surface area contributed by atoms with E-state index in [0.717, 1.165) is 54.7 Å². The SMILES string of the molecule is COCC[C@H]1CN(C2=Nc3cc(F)ccc3Nc3sc4ccccc4c32)CCN1C.Cl.Cl. The van der Waals surface area contributed by atoms with Crippen LogP contribution in [0.4, 0.5) is 20.8 Å². The molecule has 2 aliphatic heterocycles. The molecule has 0 unspecified atom stereocenters. The van der Waals surface area contributed by atoms with Crippen molar-refractivity contribution < 1.29 is 9.13 Å². The molecule has 1 N–H and O–H groups in total. The van der Waals surface area contributed by atoms with Crippen molar-refractivity contribution in [2.45, 2.75) is 12.5 Å². The van der Waals surface area contributed by atoms with E-state index in [1.165, 1.54) is 22.2 Å². The van der Waals surface area contributed by atoms with Crippen molar-refractivity contribution in [3.8, 4) is 0 Å². The third kappa shape index (κ3) is 4.58. The lowest BCUT2D eigenvalue weighted by molar-refractivity contribution is 0.100. The topological polar surface area (TPSA) is 40.1 Å². The highest BCUT2D eigenvalue weighted by atomic mass is 35.5. The number of hydrogen-bond acceptors (Lipinski definition) is 6. The summed E-state index contributed by atoms with van der Waals surface area (Å²) in [5.41, 5.74) is 2.59. The van der Waals surface area contributed by atoms with E-state index in [-0.39, 0.29) is 30.6 Å². The number of nitrogens with zero attached hydrogens (tertiary/aromatic N) is 3. The first kappa shape index (κ1) is 24.7. The van der Waals surface area contributed by atoms with Crippen LogP contribution in [0.1, 0.15) is 12.0 Å². The van der Waals surface area contributed by atoms with Crippen LogP contribution in [0.25, 0.3) is 10.1 Å². The second-order valence-corrected chi connectivity index (χ2v) is 8.94. The van der Waals surface area contributed by atoms with Gasteiger partial charge >= 0.3 is 0 Å². The van der Waals surface area contributed by atoms with Gasteiger partial charge in [0.1, 0.15) is 16.7 Å². The van der Waals surface area contributed by atoms with Crippen LogP contribution in [0.2, 0.25) is 0 Å². The third-order valence-electron chi connectivity index (χ3n) is 5.99. The Morgan fingerprint density at radius 3 is 2.81 bits per heavy atom. The molecule has 0 saturated carbocycles. The predicted octanol–water partition coefficient (Wildman–Crippen LogP) is 5.67. The predicted molar refractivity (Wildman–Crippen MR) is 137 cm³/mol. The number of benzene rings is 2. The summed E-state index contributed by atoms with van der Waals surface area (Å²) in [6.45, 7) is 3.44. The Morgan fingerprint density at radius 2 is 2.00 bits per heavy atom. The Balaban J connectivity index is 0.00000144. The maximum absolute atomic E-state index is 14.0. The minimum absolute atomic E-state index is 0. The number of thiophene rings is 1. The van der Waals surface area contributed by atoms with Gasteiger partial charge in [0.25, 0.3) is 0 Å². The van der Waals surface area contributed by atoms with Crippen molar-refractivity contribution in [1.82, 2.24) is 9.80 Å². The Bertz CT molecular complexity index is 1120. The van der Waals surface area contributed by atoms with E-state index in [0.29, 0.717) is 11.7 Å². The molecular formula is C23H27Cl2FN4OS. The number of aliphatic imine (C=N–C) groups is 1. The Morgan fingerprint density at radius 1 is 1.19 bits per heavy atom. The maximum Gasteiger partial charge on any atom is 0.140 e. The molecule has 0 amide bonds. The van der Waals surface area contributed by atoms with Gasteiger partial charge in [-0.3, -0.25) is 4.90 Å². The number of methoxy groups -OCH3 is 1. The summed E-state index contributed by atoms with van der Waals surface area (Å²) in [7, 11) is 3.92. The van der Waals surface area contributed by atoms with E-state index in [1.54, 1.807) is 24.5 Å². The minimum atomic E-state index is -0.273. The minimum Gasteiger partial charge on any atom is -0.385 e. The fourth-order valence-electron chi connectivity index (χ4n) is 4.28. The molecule has 0 aliphatic carbocycles. The van der Waals surface area contributed by atoms with Crippen LogP contribution in [0.3, 0.4) is 0 Å². The average Bonchev–Trinajstić information content (AvgIpc) is 3.03. The number of fused-ring (bicyclic) bond motifs is 4. The molecule has 5 rings (SSSR count). The van der Waals surface area contributed by atoms with Gasteiger partial charge in [-0.05, 0) is 31.7 Å². The summed E-state index contributed by atoms with van der Waals surface area (Å²) in [6, 6.07) is 13.6. The van der Waals surface area contributed by atoms with Gasteiger partial charge in [0.2, 0.25) is 0 Å². The third-order valence-corrected chi connectivity index (χ3v) is 7.07. The van der Waals surface area contributed by atoms with E-state index in [9.17, 15) is 4.39 Å². The van der Waals surface area contributed by atoms with E-state index >= 15 is 0 Å². The van der Waals surface area contributed by atoms with Crippen molar-refractivity contribution in [2.75, 3.05) is 45.7 Å². The zero-order valence-electron chi connectivity index (χ0n) is 18.0. The fraction of sp³-hybridized carbons (Fsp3) is 0.348. The zero-order valence-corrected chi connectivity index (χ0v) is 20.5. The highest BCUT2D eigenvalue weighted by Crippen LogP contribution is 2.43. The number of likely N-dealkylation sites (N-methyl/N-ethyl adjacent to an activating group) is 1. The van der Waals surface area contributed by atoms with Crippen LogP contribution in [0.5, 0.6) is 0 Å². The second kappa shape index (κ2) is 10.4. The summed E-state index contributed by atoms with van der Waals surface area (Å²) in [5, 5.41) is 5.77. The molecule has 5 nitrogen and oxygen atoms in total. The van der Waals surface area contributed by atoms with Gasteiger partial charge in [-0.2, -0.15) is 0 Å². The van der Waals surface area contributed by atoms with Crippen molar-refractivity contribution in [3.05, 3.63) is 53.8 Å². The standard InChI is InChI=1S/C23H25FN4OS.2ClH/c1-27-10-11-28(14-16(27)9-12-29-2)22-21-17-5-3-4-6-20(17)30-23(21)26-18-8-7-15(24)13-19(18)25-22;;/h3-8,13,16,26H,9-12,14H2,1-2H3;2*1H/t16-;;/m0../s1. The van der Waals surface area contributed by atoms with Crippen LogP contribution in [-0.4, -0.2) is 62.1 Å². The summed E-state index contributed by atoms with van der Waals surface area (Å²) in [6.07, 6.45) is 0.970. The molecule has 9 heteroatoms. The highest BCUT2D eigenvalue weighted by molar-refractivity contribution is 7.23. The summed E-state index contributed by atoms with van der Waals surface area (Å²) < 4.78 is 20.6. The molecule has 3 aromatic rings. The number of halogens is 3. The average molecular weight is 497 g/mol. The lowest BCUT2D eigenvalue weighted by Crippen LogP contribution is -2.53. The Labute approximate surface area is 204 Å². The maximum atomic E-state index is 14.0. The second-order valence-electron chi connectivity index (χ2n) is 7.89. The Hall–Kier alpha value is -1.90. The first-order valence-corrected chi connectivity index (χ1v) is 11.1. The zero-order chi connectivity index (χ0) is 20.7. The molecule has 1 atom stereocenters. The van der Waals surface area contributed by atoms with Crippen LogP contribution >= 0.6 is 36.2 Å². The molecule has 1 saturated heterocycles. The molecule has 0 spiro atoms. The molecule has 2 aromatic carbocycles. The van der Waals surface area contributed by atoms with Gasteiger partial charge in [0, 0.05) is 55.5 Å². The fourth-order valence-corrected chi connectivity index (χ4v) is 5.39. The lowest BCUT2D eigenvalue weighted by Gasteiger charge is -2.41. The van der Waals surface area contributed by atoms with Crippen LogP contribution < -0.4 is 5.32 Å². The van der Waals surface area contributed by atoms with Crippen molar-refractivity contribution in [2.24, 2.45) is 4.99 Å². The van der Waals surface area contributed by atoms with E-state index in [1.807, 2.05) is 0 Å². The normalized spacial score (nSPS) is 17.9. The molecular weight excluding hydrogens is 470 g/mol. The lowest BCUT2D eigenvalue weighted by atomic mass is 10.1. The van der Waals surface area contributed by atoms with E-state index < -0.39 is 0 Å². The smallest absolute Gasteiger partial charge is 0.140 e. The van der Waals surface area contributed by atoms with E-state index in [2.05, 4.69) is 46.4 Å². The molecule has 3 heterocycles. The van der Waals surface area contributed by atoms with Gasteiger partial charge < -0.3 is 15.0 Å². The number of rotatable bonds is 3. The summed E-state index contributed by atoms with van der Waals surface area (Å²) in [4.78, 5) is 9.78. The molecule has 1 fully saturated rings. The van der Waals surface area contributed by atoms with Crippen LogP contribution in [0, 0.1) is 5.82 Å². The number of hydrogen-bond donors (Lipinski definition) is 1. The van der Waals surface area contributed by atoms with Gasteiger partial charge in [0.05, 0.1) is 16.9 Å². The number of ether oxygens (including phenoxy) is 1. The van der Waals surface area contributed by atoms with Gasteiger partial charge in [-0.25, -0.2) is 9.38 Å². The summed E-state index contributed by atoms with van der Waals surface area (Å²) >= 11 is 1.72. The molecule has 0 radical (unpaired) electrons. The van der Waals surface area contributed by atoms with Crippen molar-refractivity contribution >= 4 is 68.4 Å². The monoisotopic (exact) mass is 496 g/mol. The molecule has 0 bridgehead atoms. The first-order valence-electron chi connectivity index (χ1n) is 10.3. The quantitative estimate of drug-likeness (QED) is 0.506. The summed E-state index contributed by atoms with van der Waals surface area (Å²) in [5.74, 6) is 0.653. The molecule has 1 aromatic heterocycles. The largest absolute Gasteiger partial charge is 0.385 e. The number of amidine groups is 1. The molecule has 2 aliphatic rings. The van der Waals surface area contributed by atoms with Crippen LogP contribution in [-0.2, 0) is 4.74 Å². The van der Waals surface area contributed by atoms with Crippen molar-refractivity contribution in [1.29, 1.82) is 0 Å². The van der Waals surface area contributed by atoms with Gasteiger partial charge in [0.15, 0.2) is 0 Å². The van der Waals surface area contributed by atoms with E-state index in [4.69, 9.17) is 9.73 Å². The number of piperazine rings is 1. The first-order chi connectivity index (χ1) is 14.6. The van der Waals surface area contributed by atoms with Crippen molar-refractivity contribution in [3.63, 3.8) is 0 Å².